The molecular weight excluding hydrogens is 382 g/mol. The maximum atomic E-state index is 13.2. The number of nitrogens with one attached hydrogen (secondary N) is 1. The van der Waals surface area contributed by atoms with Crippen LogP contribution in [0.5, 0.6) is 0 Å². The first kappa shape index (κ1) is 19.8. The number of nitrogens with zero attached hydrogens (tertiary/aromatic N) is 2. The molecule has 3 rings (SSSR count). The van der Waals surface area contributed by atoms with Crippen molar-refractivity contribution in [3.05, 3.63) is 68.7 Å². The Morgan fingerprint density at radius 2 is 1.86 bits per heavy atom. The second-order valence-corrected chi connectivity index (χ2v) is 7.45. The van der Waals surface area contributed by atoms with Crippen LogP contribution in [0.1, 0.15) is 29.8 Å². The summed E-state index contributed by atoms with van der Waals surface area (Å²) in [5, 5.41) is 14.4. The topological polar surface area (TPSA) is 92.6 Å². The molecule has 0 spiro atoms. The highest BCUT2D eigenvalue weighted by Crippen LogP contribution is 2.32. The van der Waals surface area contributed by atoms with Gasteiger partial charge in [-0.15, -0.1) is 0 Å². The van der Waals surface area contributed by atoms with Crippen LogP contribution in [0.25, 0.3) is 0 Å². The fraction of sp³-hybridized carbons (Fsp3) is 0.300. The minimum absolute atomic E-state index is 0.0650. The predicted octanol–water partition coefficient (Wildman–Crippen LogP) is 3.59. The lowest BCUT2D eigenvalue weighted by Gasteiger charge is -2.27. The monoisotopic (exact) mass is 401 g/mol. The van der Waals surface area contributed by atoms with Gasteiger partial charge in [0.15, 0.2) is 0 Å². The maximum Gasteiger partial charge on any atom is 0.271 e. The first-order chi connectivity index (χ1) is 13.3. The average Bonchev–Trinajstić information content (AvgIpc) is 3.08. The zero-order valence-electron chi connectivity index (χ0n) is 15.5. The lowest BCUT2D eigenvalue weighted by Crippen LogP contribution is -2.51. The molecule has 7 nitrogen and oxygen atoms in total. The van der Waals surface area contributed by atoms with E-state index in [0.29, 0.717) is 29.2 Å². The minimum atomic E-state index is -0.756. The van der Waals surface area contributed by atoms with Gasteiger partial charge in [0.05, 0.1) is 10.6 Å². The molecule has 2 aromatic rings. The van der Waals surface area contributed by atoms with E-state index in [1.54, 1.807) is 30.3 Å². The van der Waals surface area contributed by atoms with Crippen molar-refractivity contribution in [2.75, 3.05) is 11.4 Å². The molecule has 1 aliphatic heterocycles. The molecule has 1 aliphatic rings. The SMILES string of the molecule is CC(C)C(NC(=O)c1ccc(Cl)cc1)C(=O)N1CCc2ccc([N+](=O)[O-])cc21. The number of nitro groups is 1. The number of halogens is 1. The van der Waals surface area contributed by atoms with Gasteiger partial charge in [0, 0.05) is 29.3 Å². The molecule has 0 fully saturated rings. The minimum Gasteiger partial charge on any atom is -0.340 e. The molecule has 1 N–H and O–H groups in total. The molecule has 1 unspecified atom stereocenters. The predicted molar refractivity (Wildman–Crippen MR) is 107 cm³/mol. The van der Waals surface area contributed by atoms with Crippen molar-refractivity contribution in [3.63, 3.8) is 0 Å². The molecule has 1 heterocycles. The van der Waals surface area contributed by atoms with Crippen LogP contribution in [-0.4, -0.2) is 29.3 Å². The number of carbonyl (C=O) groups is 2. The van der Waals surface area contributed by atoms with E-state index in [1.165, 1.54) is 17.0 Å². The van der Waals surface area contributed by atoms with Crippen LogP contribution in [-0.2, 0) is 11.2 Å². The molecule has 0 aliphatic carbocycles. The van der Waals surface area contributed by atoms with Gasteiger partial charge in [0.1, 0.15) is 6.04 Å². The second kappa shape index (κ2) is 7.98. The summed E-state index contributed by atoms with van der Waals surface area (Å²) in [6.45, 7) is 4.11. The zero-order chi connectivity index (χ0) is 20.4. The fourth-order valence-corrected chi connectivity index (χ4v) is 3.34. The van der Waals surface area contributed by atoms with Crippen LogP contribution in [0.2, 0.25) is 5.02 Å². The fourth-order valence-electron chi connectivity index (χ4n) is 3.22. The summed E-state index contributed by atoms with van der Waals surface area (Å²) in [6.07, 6.45) is 0.620. The molecule has 2 amide bonds. The highest BCUT2D eigenvalue weighted by atomic mass is 35.5. The van der Waals surface area contributed by atoms with Crippen molar-refractivity contribution >= 4 is 34.8 Å². The first-order valence-corrected chi connectivity index (χ1v) is 9.31. The molecule has 0 saturated carbocycles. The molecule has 2 aromatic carbocycles. The number of anilines is 1. The summed E-state index contributed by atoms with van der Waals surface area (Å²) in [7, 11) is 0. The summed E-state index contributed by atoms with van der Waals surface area (Å²) >= 11 is 5.85. The van der Waals surface area contributed by atoms with E-state index < -0.39 is 11.0 Å². The van der Waals surface area contributed by atoms with Gasteiger partial charge in [-0.2, -0.15) is 0 Å². The van der Waals surface area contributed by atoms with Crippen molar-refractivity contribution in [2.24, 2.45) is 5.92 Å². The normalized spacial score (nSPS) is 13.9. The first-order valence-electron chi connectivity index (χ1n) is 8.93. The highest BCUT2D eigenvalue weighted by molar-refractivity contribution is 6.30. The van der Waals surface area contributed by atoms with E-state index in [0.717, 1.165) is 5.56 Å². The van der Waals surface area contributed by atoms with Gasteiger partial charge in [-0.25, -0.2) is 0 Å². The number of benzene rings is 2. The van der Waals surface area contributed by atoms with E-state index in [9.17, 15) is 19.7 Å². The quantitative estimate of drug-likeness (QED) is 0.612. The number of amides is 2. The standard InChI is InChI=1S/C20H20ClN3O4/c1-12(2)18(22-19(25)14-3-6-15(21)7-4-14)20(26)23-10-9-13-5-8-16(24(27)28)11-17(13)23/h3-8,11-12,18H,9-10H2,1-2H3,(H,22,25). The van der Waals surface area contributed by atoms with E-state index in [-0.39, 0.29) is 23.4 Å². The van der Waals surface area contributed by atoms with E-state index >= 15 is 0 Å². The number of hydrogen-bond acceptors (Lipinski definition) is 4. The Bertz CT molecular complexity index is 928. The number of non-ortho nitro benzene ring substituents is 1. The third-order valence-corrected chi connectivity index (χ3v) is 5.02. The summed E-state index contributed by atoms with van der Waals surface area (Å²) in [5.74, 6) is -0.815. The van der Waals surface area contributed by atoms with Crippen molar-refractivity contribution in [1.29, 1.82) is 0 Å². The number of rotatable bonds is 5. The van der Waals surface area contributed by atoms with E-state index in [4.69, 9.17) is 11.6 Å². The molecular formula is C20H20ClN3O4. The summed E-state index contributed by atoms with van der Waals surface area (Å²) in [5.41, 5.74) is 1.75. The van der Waals surface area contributed by atoms with Gasteiger partial charge in [-0.05, 0) is 42.2 Å². The summed E-state index contributed by atoms with van der Waals surface area (Å²) in [4.78, 5) is 37.9. The Hall–Kier alpha value is -2.93. The third-order valence-electron chi connectivity index (χ3n) is 4.77. The number of nitro benzene ring substituents is 1. The maximum absolute atomic E-state index is 13.2. The van der Waals surface area contributed by atoms with Crippen molar-refractivity contribution < 1.29 is 14.5 Å². The van der Waals surface area contributed by atoms with Gasteiger partial charge in [0.25, 0.3) is 11.6 Å². The highest BCUT2D eigenvalue weighted by Gasteiger charge is 2.34. The molecule has 28 heavy (non-hydrogen) atoms. The molecule has 0 radical (unpaired) electrons. The number of fused-ring (bicyclic) bond motifs is 1. The van der Waals surface area contributed by atoms with Crippen LogP contribution >= 0.6 is 11.6 Å². The van der Waals surface area contributed by atoms with Crippen molar-refractivity contribution in [1.82, 2.24) is 5.32 Å². The lowest BCUT2D eigenvalue weighted by molar-refractivity contribution is -0.384. The van der Waals surface area contributed by atoms with Crippen LogP contribution in [0.15, 0.2) is 42.5 Å². The Kier molecular flexibility index (Phi) is 5.65. The Morgan fingerprint density at radius 3 is 2.46 bits per heavy atom. The molecule has 1 atom stereocenters. The van der Waals surface area contributed by atoms with Gasteiger partial charge >= 0.3 is 0 Å². The van der Waals surface area contributed by atoms with Gasteiger partial charge in [-0.3, -0.25) is 19.7 Å². The smallest absolute Gasteiger partial charge is 0.271 e. The van der Waals surface area contributed by atoms with E-state index in [2.05, 4.69) is 5.32 Å². The number of hydrogen-bond donors (Lipinski definition) is 1. The van der Waals surface area contributed by atoms with Crippen LogP contribution in [0, 0.1) is 16.0 Å². The zero-order valence-corrected chi connectivity index (χ0v) is 16.3. The molecule has 146 valence electrons. The molecule has 0 aromatic heterocycles. The molecule has 0 bridgehead atoms. The Balaban J connectivity index is 1.83. The van der Waals surface area contributed by atoms with Crippen molar-refractivity contribution in [2.45, 2.75) is 26.3 Å². The van der Waals surface area contributed by atoms with Gasteiger partial charge in [0.2, 0.25) is 5.91 Å². The third kappa shape index (κ3) is 3.99. The van der Waals surface area contributed by atoms with Crippen LogP contribution in [0.4, 0.5) is 11.4 Å². The largest absolute Gasteiger partial charge is 0.340 e. The summed E-state index contributed by atoms with van der Waals surface area (Å²) in [6, 6.07) is 10.2. The second-order valence-electron chi connectivity index (χ2n) is 7.01. The molecule has 8 heteroatoms. The van der Waals surface area contributed by atoms with Gasteiger partial charge < -0.3 is 10.2 Å². The Labute approximate surface area is 167 Å². The summed E-state index contributed by atoms with van der Waals surface area (Å²) < 4.78 is 0. The lowest BCUT2D eigenvalue weighted by atomic mass is 10.0. The van der Waals surface area contributed by atoms with Gasteiger partial charge in [-0.1, -0.05) is 31.5 Å². The molecule has 0 saturated heterocycles. The van der Waals surface area contributed by atoms with E-state index in [1.807, 2.05) is 13.8 Å². The van der Waals surface area contributed by atoms with Crippen LogP contribution < -0.4 is 10.2 Å². The van der Waals surface area contributed by atoms with Crippen molar-refractivity contribution in [3.8, 4) is 0 Å². The Morgan fingerprint density at radius 1 is 1.18 bits per heavy atom. The van der Waals surface area contributed by atoms with Crippen LogP contribution in [0.3, 0.4) is 0 Å². The number of carbonyl (C=O) groups excluding carboxylic acids is 2. The average molecular weight is 402 g/mol.